The molecule has 3 aromatic carbocycles. The van der Waals surface area contributed by atoms with E-state index in [0.29, 0.717) is 18.8 Å². The van der Waals surface area contributed by atoms with Gasteiger partial charge in [-0.3, -0.25) is 9.89 Å². The molecule has 1 amide bonds. The molecule has 0 unspecified atom stereocenters. The minimum Gasteiger partial charge on any atom is -0.497 e. The summed E-state index contributed by atoms with van der Waals surface area (Å²) >= 11 is 0. The van der Waals surface area contributed by atoms with Gasteiger partial charge in [0.15, 0.2) is 5.82 Å². The van der Waals surface area contributed by atoms with Gasteiger partial charge in [-0.2, -0.15) is 5.10 Å². The topological polar surface area (TPSA) is 101 Å². The molecular formula is C28H27N5O3. The normalized spacial score (nSPS) is 10.9. The van der Waals surface area contributed by atoms with E-state index in [4.69, 9.17) is 14.5 Å². The van der Waals surface area contributed by atoms with E-state index in [0.717, 1.165) is 56.5 Å². The van der Waals surface area contributed by atoms with Crippen LogP contribution in [0.3, 0.4) is 0 Å². The second-order valence-corrected chi connectivity index (χ2v) is 8.44. The highest BCUT2D eigenvalue weighted by Gasteiger charge is 2.12. The number of fused-ring (bicyclic) bond motifs is 3. The summed E-state index contributed by atoms with van der Waals surface area (Å²) in [6.45, 7) is 0.587. The Morgan fingerprint density at radius 3 is 2.36 bits per heavy atom. The number of rotatable bonds is 9. The fraction of sp³-hybridized carbons (Fsp3) is 0.179. The van der Waals surface area contributed by atoms with Crippen LogP contribution in [0.4, 0.5) is 11.5 Å². The van der Waals surface area contributed by atoms with Crippen molar-refractivity contribution in [1.82, 2.24) is 20.5 Å². The molecule has 5 aromatic rings. The Morgan fingerprint density at radius 2 is 1.61 bits per heavy atom. The number of H-pyrrole nitrogens is 1. The lowest BCUT2D eigenvalue weighted by Gasteiger charge is -2.10. The first-order valence-electron chi connectivity index (χ1n) is 11.7. The van der Waals surface area contributed by atoms with E-state index >= 15 is 0 Å². The molecule has 0 aliphatic rings. The van der Waals surface area contributed by atoms with Crippen molar-refractivity contribution in [3.8, 4) is 11.5 Å². The molecule has 0 spiro atoms. The number of pyridine rings is 1. The van der Waals surface area contributed by atoms with Crippen molar-refractivity contribution in [3.05, 3.63) is 84.1 Å². The number of amides is 1. The maximum absolute atomic E-state index is 12.4. The van der Waals surface area contributed by atoms with Crippen molar-refractivity contribution in [2.45, 2.75) is 12.8 Å². The molecule has 0 atom stereocenters. The molecule has 8 heteroatoms. The Balaban J connectivity index is 1.21. The van der Waals surface area contributed by atoms with Crippen molar-refractivity contribution in [2.75, 3.05) is 26.1 Å². The van der Waals surface area contributed by atoms with Crippen molar-refractivity contribution in [3.63, 3.8) is 0 Å². The number of hydrogen-bond acceptors (Lipinski definition) is 6. The van der Waals surface area contributed by atoms with Crippen LogP contribution in [-0.4, -0.2) is 41.9 Å². The summed E-state index contributed by atoms with van der Waals surface area (Å²) in [5, 5.41) is 15.6. The van der Waals surface area contributed by atoms with Crippen molar-refractivity contribution < 1.29 is 14.3 Å². The number of hydrogen-bond donors (Lipinski definition) is 3. The lowest BCUT2D eigenvalue weighted by molar-refractivity contribution is -0.120. The number of ether oxygens (including phenoxy) is 2. The number of aromatic nitrogens is 3. The summed E-state index contributed by atoms with van der Waals surface area (Å²) in [6.07, 6.45) is 2.95. The highest BCUT2D eigenvalue weighted by molar-refractivity contribution is 6.09. The van der Waals surface area contributed by atoms with Gasteiger partial charge in [-0.15, -0.1) is 0 Å². The Morgan fingerprint density at radius 1 is 0.889 bits per heavy atom. The molecule has 0 radical (unpaired) electrons. The smallest absolute Gasteiger partial charge is 0.224 e. The third-order valence-electron chi connectivity index (χ3n) is 6.07. The van der Waals surface area contributed by atoms with Crippen molar-refractivity contribution >= 4 is 39.2 Å². The molecular weight excluding hydrogens is 454 g/mol. The van der Waals surface area contributed by atoms with Crippen LogP contribution in [-0.2, 0) is 17.6 Å². The molecule has 182 valence electrons. The summed E-state index contributed by atoms with van der Waals surface area (Å²) in [7, 11) is 3.29. The van der Waals surface area contributed by atoms with E-state index in [1.54, 1.807) is 14.2 Å². The highest BCUT2D eigenvalue weighted by atomic mass is 16.5. The standard InChI is InChI=1S/C28H27N5O3/c1-35-21-9-5-18(6-10-21)13-14-29-26(34)15-19-3-7-20(8-4-19)31-28-27-24(17-30-33-27)23-16-22(36-2)11-12-25(23)32-28/h3-12,16-17H,13-15H2,1-2H3,(H,29,34)(H,30,33)(H,31,32). The fourth-order valence-corrected chi connectivity index (χ4v) is 4.12. The number of anilines is 2. The molecule has 0 bridgehead atoms. The molecule has 0 saturated carbocycles. The lowest BCUT2D eigenvalue weighted by Crippen LogP contribution is -2.27. The Hall–Kier alpha value is -4.59. The van der Waals surface area contributed by atoms with E-state index in [1.165, 1.54) is 0 Å². The monoisotopic (exact) mass is 481 g/mol. The van der Waals surface area contributed by atoms with E-state index in [-0.39, 0.29) is 5.91 Å². The van der Waals surface area contributed by atoms with Crippen LogP contribution in [0, 0.1) is 0 Å². The Kier molecular flexibility index (Phi) is 6.66. The number of methoxy groups -OCH3 is 2. The van der Waals surface area contributed by atoms with E-state index in [1.807, 2.05) is 72.9 Å². The quantitative estimate of drug-likeness (QED) is 0.280. The lowest BCUT2D eigenvalue weighted by atomic mass is 10.1. The maximum Gasteiger partial charge on any atom is 0.224 e. The first kappa shape index (κ1) is 23.2. The minimum absolute atomic E-state index is 0.00549. The largest absolute Gasteiger partial charge is 0.497 e. The van der Waals surface area contributed by atoms with Crippen LogP contribution in [0.5, 0.6) is 11.5 Å². The van der Waals surface area contributed by atoms with Gasteiger partial charge in [-0.25, -0.2) is 4.98 Å². The van der Waals surface area contributed by atoms with Crippen molar-refractivity contribution in [2.24, 2.45) is 0 Å². The average Bonchev–Trinajstić information content (AvgIpc) is 3.41. The summed E-state index contributed by atoms with van der Waals surface area (Å²) < 4.78 is 10.5. The zero-order valence-electron chi connectivity index (χ0n) is 20.2. The molecule has 2 heterocycles. The minimum atomic E-state index is -0.00549. The van der Waals surface area contributed by atoms with Crippen LogP contribution in [0.25, 0.3) is 21.8 Å². The fourth-order valence-electron chi connectivity index (χ4n) is 4.12. The van der Waals surface area contributed by atoms with Crippen molar-refractivity contribution in [1.29, 1.82) is 0 Å². The first-order valence-corrected chi connectivity index (χ1v) is 11.7. The van der Waals surface area contributed by atoms with Gasteiger partial charge in [-0.05, 0) is 60.0 Å². The third-order valence-corrected chi connectivity index (χ3v) is 6.07. The predicted molar refractivity (Wildman–Crippen MR) is 141 cm³/mol. The molecule has 2 aromatic heterocycles. The molecule has 3 N–H and O–H groups in total. The van der Waals surface area contributed by atoms with Crippen LogP contribution in [0.15, 0.2) is 72.9 Å². The van der Waals surface area contributed by atoms with Gasteiger partial charge in [0.2, 0.25) is 5.91 Å². The van der Waals surface area contributed by atoms with Gasteiger partial charge in [0, 0.05) is 29.2 Å². The molecule has 0 fully saturated rings. The Labute approximate surface area is 208 Å². The number of nitrogens with zero attached hydrogens (tertiary/aromatic N) is 2. The van der Waals surface area contributed by atoms with Crippen LogP contribution < -0.4 is 20.1 Å². The molecule has 0 saturated heterocycles. The molecule has 5 rings (SSSR count). The highest BCUT2D eigenvalue weighted by Crippen LogP contribution is 2.31. The zero-order valence-corrected chi connectivity index (χ0v) is 20.2. The number of nitrogens with one attached hydrogen (secondary N) is 3. The number of carbonyl (C=O) groups excluding carboxylic acids is 1. The summed E-state index contributed by atoms with van der Waals surface area (Å²) in [5.74, 6) is 2.25. The summed E-state index contributed by atoms with van der Waals surface area (Å²) in [6, 6.07) is 21.4. The Bertz CT molecular complexity index is 1490. The average molecular weight is 482 g/mol. The third kappa shape index (κ3) is 5.07. The second kappa shape index (κ2) is 10.4. The van der Waals surface area contributed by atoms with Gasteiger partial charge in [0.25, 0.3) is 0 Å². The van der Waals surface area contributed by atoms with Gasteiger partial charge in [-0.1, -0.05) is 24.3 Å². The molecule has 8 nitrogen and oxygen atoms in total. The van der Waals surface area contributed by atoms with Crippen LogP contribution in [0.1, 0.15) is 11.1 Å². The van der Waals surface area contributed by atoms with E-state index in [2.05, 4.69) is 20.8 Å². The van der Waals surface area contributed by atoms with E-state index in [9.17, 15) is 4.79 Å². The van der Waals surface area contributed by atoms with Gasteiger partial charge in [0.1, 0.15) is 17.0 Å². The SMILES string of the molecule is COc1ccc(CCNC(=O)Cc2ccc(Nc3nc4ccc(OC)cc4c4c[nH]nc34)cc2)cc1. The zero-order chi connectivity index (χ0) is 24.9. The van der Waals surface area contributed by atoms with Gasteiger partial charge >= 0.3 is 0 Å². The first-order chi connectivity index (χ1) is 17.6. The summed E-state index contributed by atoms with van der Waals surface area (Å²) in [5.41, 5.74) is 4.54. The maximum atomic E-state index is 12.4. The number of benzene rings is 3. The summed E-state index contributed by atoms with van der Waals surface area (Å²) in [4.78, 5) is 17.2. The molecule has 36 heavy (non-hydrogen) atoms. The van der Waals surface area contributed by atoms with Gasteiger partial charge in [0.05, 0.1) is 26.2 Å². The van der Waals surface area contributed by atoms with Gasteiger partial charge < -0.3 is 20.1 Å². The molecule has 0 aliphatic carbocycles. The molecule has 0 aliphatic heterocycles. The number of carbonyl (C=O) groups is 1. The predicted octanol–water partition coefficient (Wildman–Crippen LogP) is 4.77. The second-order valence-electron chi connectivity index (χ2n) is 8.44. The number of aromatic amines is 1. The van der Waals surface area contributed by atoms with E-state index < -0.39 is 0 Å². The van der Waals surface area contributed by atoms with Crippen LogP contribution in [0.2, 0.25) is 0 Å². The van der Waals surface area contributed by atoms with Crippen LogP contribution >= 0.6 is 0 Å².